The van der Waals surface area contributed by atoms with Crippen LogP contribution in [0.2, 0.25) is 5.02 Å². The number of fused-ring (bicyclic) bond motifs is 1. The van der Waals surface area contributed by atoms with Crippen LogP contribution in [-0.2, 0) is 11.3 Å². The zero-order valence-corrected chi connectivity index (χ0v) is 10.2. The van der Waals surface area contributed by atoms with Gasteiger partial charge in [0.05, 0.1) is 19.5 Å². The molecule has 0 saturated carbocycles. The van der Waals surface area contributed by atoms with E-state index < -0.39 is 0 Å². The lowest BCUT2D eigenvalue weighted by Crippen LogP contribution is -2.25. The Labute approximate surface area is 105 Å². The Morgan fingerprint density at radius 1 is 1.44 bits per heavy atom. The van der Waals surface area contributed by atoms with Crippen LogP contribution in [0.1, 0.15) is 17.4 Å². The second-order valence-corrected chi connectivity index (χ2v) is 4.20. The Bertz CT molecular complexity index is 422. The van der Waals surface area contributed by atoms with Crippen LogP contribution in [0, 0.1) is 0 Å². The molecule has 2 aliphatic heterocycles. The van der Waals surface area contributed by atoms with Crippen molar-refractivity contribution in [3.05, 3.63) is 34.3 Å². The lowest BCUT2D eigenvalue weighted by Gasteiger charge is -2.22. The molecule has 1 aromatic rings. The Morgan fingerprint density at radius 3 is 3.06 bits per heavy atom. The van der Waals surface area contributed by atoms with Crippen molar-refractivity contribution in [3.63, 3.8) is 0 Å². The highest BCUT2D eigenvalue weighted by molar-refractivity contribution is 6.30. The van der Waals surface area contributed by atoms with Crippen molar-refractivity contribution in [1.29, 1.82) is 0 Å². The predicted molar refractivity (Wildman–Crippen MR) is 66.3 cm³/mol. The Hall–Kier alpha value is -0.770. The second-order valence-electron chi connectivity index (χ2n) is 3.77. The summed E-state index contributed by atoms with van der Waals surface area (Å²) < 4.78 is 5.74. The van der Waals surface area contributed by atoms with Gasteiger partial charge >= 0.3 is 0 Å². The Morgan fingerprint density at radius 2 is 2.31 bits per heavy atom. The quantitative estimate of drug-likeness (QED) is 0.774. The summed E-state index contributed by atoms with van der Waals surface area (Å²) in [6, 6.07) is 5.93. The van der Waals surface area contributed by atoms with Crippen LogP contribution in [0.3, 0.4) is 0 Å². The van der Waals surface area contributed by atoms with Crippen molar-refractivity contribution in [2.75, 3.05) is 13.1 Å². The average molecular weight is 259 g/mol. The molecule has 16 heavy (non-hydrogen) atoms. The number of rotatable bonds is 1. The molecular formula is C11H12Cl2N2O. The molecule has 0 N–H and O–H groups in total. The molecule has 3 nitrogen and oxygen atoms in total. The summed E-state index contributed by atoms with van der Waals surface area (Å²) in [5, 5.41) is 0.771. The molecule has 0 aromatic heterocycles. The van der Waals surface area contributed by atoms with Gasteiger partial charge in [-0.05, 0) is 17.7 Å². The van der Waals surface area contributed by atoms with Gasteiger partial charge in [0, 0.05) is 17.1 Å². The maximum Gasteiger partial charge on any atom is 0.157 e. The van der Waals surface area contributed by atoms with E-state index in [1.165, 1.54) is 11.1 Å². The van der Waals surface area contributed by atoms with Crippen LogP contribution in [0.15, 0.2) is 23.2 Å². The molecule has 0 aliphatic carbocycles. The minimum absolute atomic E-state index is 0. The number of aliphatic imine (C=N–C) groups is 1. The first-order valence-corrected chi connectivity index (χ1v) is 5.38. The van der Waals surface area contributed by atoms with Gasteiger partial charge in [0.25, 0.3) is 0 Å². The van der Waals surface area contributed by atoms with Gasteiger partial charge in [-0.3, -0.25) is 4.99 Å². The summed E-state index contributed by atoms with van der Waals surface area (Å²) in [6.07, 6.45) is 1.90. The molecule has 5 heteroatoms. The maximum atomic E-state index is 5.94. The van der Waals surface area contributed by atoms with Gasteiger partial charge in [0.15, 0.2) is 6.23 Å². The van der Waals surface area contributed by atoms with Crippen molar-refractivity contribution in [2.45, 2.75) is 12.8 Å². The Kier molecular flexibility index (Phi) is 3.38. The highest BCUT2D eigenvalue weighted by Crippen LogP contribution is 2.34. The van der Waals surface area contributed by atoms with E-state index in [2.05, 4.69) is 9.89 Å². The summed E-state index contributed by atoms with van der Waals surface area (Å²) in [5.41, 5.74) is 2.40. The highest BCUT2D eigenvalue weighted by Gasteiger charge is 2.28. The fourth-order valence-electron chi connectivity index (χ4n) is 2.04. The van der Waals surface area contributed by atoms with E-state index in [0.717, 1.165) is 18.1 Å². The maximum absolute atomic E-state index is 5.94. The van der Waals surface area contributed by atoms with Crippen molar-refractivity contribution in [2.24, 2.45) is 4.99 Å². The van der Waals surface area contributed by atoms with Crippen LogP contribution in [-0.4, -0.2) is 24.3 Å². The molecule has 0 fully saturated rings. The topological polar surface area (TPSA) is 24.8 Å². The van der Waals surface area contributed by atoms with E-state index in [0.29, 0.717) is 6.61 Å². The van der Waals surface area contributed by atoms with Crippen LogP contribution in [0.25, 0.3) is 0 Å². The fraction of sp³-hybridized carbons (Fsp3) is 0.364. The second kappa shape index (κ2) is 4.62. The summed E-state index contributed by atoms with van der Waals surface area (Å²) in [6.45, 7) is 2.44. The lowest BCUT2D eigenvalue weighted by molar-refractivity contribution is -0.0101. The van der Waals surface area contributed by atoms with E-state index in [1.807, 2.05) is 24.5 Å². The number of nitrogens with zero attached hydrogens (tertiary/aromatic N) is 2. The molecular weight excluding hydrogens is 247 g/mol. The van der Waals surface area contributed by atoms with Crippen LogP contribution in [0.4, 0.5) is 0 Å². The molecule has 0 radical (unpaired) electrons. The molecule has 1 atom stereocenters. The van der Waals surface area contributed by atoms with Gasteiger partial charge in [-0.15, -0.1) is 12.4 Å². The molecule has 0 bridgehead atoms. The molecule has 1 aromatic carbocycles. The molecule has 0 amide bonds. The average Bonchev–Trinajstić information content (AvgIpc) is 2.82. The standard InChI is InChI=1S/C11H11ClN2O.ClH/c12-9-1-2-10-8(5-9)6-15-11(10)14-4-3-13-7-14;/h1-2,5,7,11H,3-4,6H2;1H. The molecule has 0 saturated heterocycles. The largest absolute Gasteiger partial charge is 0.349 e. The Balaban J connectivity index is 0.000000963. The highest BCUT2D eigenvalue weighted by atomic mass is 35.5. The lowest BCUT2D eigenvalue weighted by atomic mass is 10.1. The van der Waals surface area contributed by atoms with Gasteiger partial charge in [-0.2, -0.15) is 0 Å². The van der Waals surface area contributed by atoms with Gasteiger partial charge < -0.3 is 9.64 Å². The van der Waals surface area contributed by atoms with Crippen molar-refractivity contribution in [1.82, 2.24) is 4.90 Å². The first kappa shape index (κ1) is 11.7. The third kappa shape index (κ3) is 1.90. The molecule has 0 spiro atoms. The van der Waals surface area contributed by atoms with E-state index in [4.69, 9.17) is 16.3 Å². The van der Waals surface area contributed by atoms with Gasteiger partial charge in [0.1, 0.15) is 0 Å². The van der Waals surface area contributed by atoms with E-state index in [1.54, 1.807) is 0 Å². The SMILES string of the molecule is Cl.Clc1ccc2c(c1)COC2N1C=NCC1. The van der Waals surface area contributed by atoms with Crippen molar-refractivity contribution in [3.8, 4) is 0 Å². The number of ether oxygens (including phenoxy) is 1. The normalized spacial score (nSPS) is 22.1. The minimum atomic E-state index is 0. The number of hydrogen-bond acceptors (Lipinski definition) is 3. The van der Waals surface area contributed by atoms with Gasteiger partial charge in [0.2, 0.25) is 0 Å². The fourth-order valence-corrected chi connectivity index (χ4v) is 2.24. The summed E-state index contributed by atoms with van der Waals surface area (Å²) in [7, 11) is 0. The minimum Gasteiger partial charge on any atom is -0.349 e. The summed E-state index contributed by atoms with van der Waals surface area (Å²) >= 11 is 5.94. The van der Waals surface area contributed by atoms with E-state index in [9.17, 15) is 0 Å². The van der Waals surface area contributed by atoms with Crippen molar-refractivity contribution < 1.29 is 4.74 Å². The van der Waals surface area contributed by atoms with E-state index >= 15 is 0 Å². The molecule has 2 aliphatic rings. The zero-order valence-electron chi connectivity index (χ0n) is 8.60. The molecule has 86 valence electrons. The number of benzene rings is 1. The third-order valence-corrected chi connectivity index (χ3v) is 3.02. The number of halogens is 2. The first-order valence-electron chi connectivity index (χ1n) is 5.00. The van der Waals surface area contributed by atoms with Crippen LogP contribution >= 0.6 is 24.0 Å². The predicted octanol–water partition coefficient (Wildman–Crippen LogP) is 2.63. The number of hydrogen-bond donors (Lipinski definition) is 0. The van der Waals surface area contributed by atoms with Crippen LogP contribution in [0.5, 0.6) is 0 Å². The van der Waals surface area contributed by atoms with E-state index in [-0.39, 0.29) is 18.6 Å². The first-order chi connectivity index (χ1) is 7.34. The summed E-state index contributed by atoms with van der Waals surface area (Å²) in [4.78, 5) is 6.32. The zero-order chi connectivity index (χ0) is 10.3. The van der Waals surface area contributed by atoms with Crippen molar-refractivity contribution >= 4 is 30.3 Å². The molecule has 3 rings (SSSR count). The third-order valence-electron chi connectivity index (χ3n) is 2.79. The summed E-state index contributed by atoms with van der Waals surface area (Å²) in [5.74, 6) is 0. The molecule has 1 unspecified atom stereocenters. The van der Waals surface area contributed by atoms with Gasteiger partial charge in [-0.25, -0.2) is 0 Å². The smallest absolute Gasteiger partial charge is 0.157 e. The van der Waals surface area contributed by atoms with Gasteiger partial charge in [-0.1, -0.05) is 17.7 Å². The van der Waals surface area contributed by atoms with Crippen LogP contribution < -0.4 is 0 Å². The molecule has 2 heterocycles. The monoisotopic (exact) mass is 258 g/mol.